The molecule has 0 amide bonds. The van der Waals surface area contributed by atoms with Gasteiger partial charge in [0, 0.05) is 0 Å². The van der Waals surface area contributed by atoms with E-state index in [1.54, 1.807) is 115 Å². The van der Waals surface area contributed by atoms with E-state index in [9.17, 15) is 24.0 Å². The van der Waals surface area contributed by atoms with E-state index in [4.69, 9.17) is 33.2 Å². The van der Waals surface area contributed by atoms with Crippen LogP contribution in [0, 0.1) is 0 Å². The lowest BCUT2D eigenvalue weighted by molar-refractivity contribution is -0.300. The Morgan fingerprint density at radius 2 is 0.877 bits per heavy atom. The number of esters is 5. The fourth-order valence-electron chi connectivity index (χ4n) is 5.78. The number of benzene rings is 5. The number of ether oxygens (including phenoxy) is 7. The molecule has 0 radical (unpaired) electrons. The first-order chi connectivity index (χ1) is 27.8. The Morgan fingerprint density at radius 3 is 1.30 bits per heavy atom. The van der Waals surface area contributed by atoms with Gasteiger partial charge in [-0.1, -0.05) is 97.6 Å². The summed E-state index contributed by atoms with van der Waals surface area (Å²) in [5.74, 6) is -3.93. The lowest BCUT2D eigenvalue weighted by atomic mass is 9.97. The summed E-state index contributed by atoms with van der Waals surface area (Å²) in [5.41, 5.74) is 0.936. The van der Waals surface area contributed by atoms with E-state index >= 15 is 0 Å². The third kappa shape index (κ3) is 10.7. The van der Waals surface area contributed by atoms with Crippen LogP contribution in [0.25, 0.3) is 0 Å². The molecule has 1 aliphatic heterocycles. The van der Waals surface area contributed by atoms with Crippen molar-refractivity contribution < 1.29 is 57.1 Å². The van der Waals surface area contributed by atoms with E-state index in [2.05, 4.69) is 6.58 Å². The van der Waals surface area contributed by atoms with Crippen molar-refractivity contribution >= 4 is 29.8 Å². The lowest BCUT2D eigenvalue weighted by Crippen LogP contribution is -2.63. The third-order valence-electron chi connectivity index (χ3n) is 8.69. The molecule has 0 spiro atoms. The number of carbonyl (C=O) groups excluding carboxylic acids is 5. The van der Waals surface area contributed by atoms with Gasteiger partial charge in [-0.2, -0.15) is 0 Å². The second-order valence-corrected chi connectivity index (χ2v) is 12.6. The summed E-state index contributed by atoms with van der Waals surface area (Å²) in [5, 5.41) is 0. The van der Waals surface area contributed by atoms with Gasteiger partial charge in [-0.05, 0) is 66.7 Å². The maximum atomic E-state index is 13.8. The Labute approximate surface area is 328 Å². The molecule has 12 nitrogen and oxygen atoms in total. The number of hydrogen-bond donors (Lipinski definition) is 0. The Morgan fingerprint density at radius 1 is 0.509 bits per heavy atom. The predicted molar refractivity (Wildman–Crippen MR) is 204 cm³/mol. The van der Waals surface area contributed by atoms with Crippen molar-refractivity contribution in [2.24, 2.45) is 0 Å². The highest BCUT2D eigenvalue weighted by Gasteiger charge is 2.54. The van der Waals surface area contributed by atoms with Crippen molar-refractivity contribution in [3.05, 3.63) is 192 Å². The maximum Gasteiger partial charge on any atom is 0.338 e. The molecule has 0 N–H and O–H groups in total. The van der Waals surface area contributed by atoms with Gasteiger partial charge < -0.3 is 33.2 Å². The molecule has 0 saturated carbocycles. The SMILES string of the molecule is C=C[C@@H](CO[C@H]1O[C@H](COC(=O)c2ccccc2)[C@@H](OC(=O)c2ccccc2)[C@H](OC(=O)c2ccccc2)[C@@H]1OC(=O)c1ccccc1)OC(=O)c1ccccc1. The third-order valence-corrected chi connectivity index (χ3v) is 8.69. The molecule has 5 aromatic rings. The van der Waals surface area contributed by atoms with Gasteiger partial charge in [0.15, 0.2) is 24.6 Å². The van der Waals surface area contributed by atoms with E-state index in [-0.39, 0.29) is 34.4 Å². The van der Waals surface area contributed by atoms with Gasteiger partial charge in [-0.3, -0.25) is 0 Å². The summed E-state index contributed by atoms with van der Waals surface area (Å²) in [6.45, 7) is 2.85. The van der Waals surface area contributed by atoms with Crippen molar-refractivity contribution in [3.8, 4) is 0 Å². The van der Waals surface area contributed by atoms with Crippen LogP contribution in [0.2, 0.25) is 0 Å². The molecule has 0 aromatic heterocycles. The summed E-state index contributed by atoms with van der Waals surface area (Å²) >= 11 is 0. The second-order valence-electron chi connectivity index (χ2n) is 12.6. The summed E-state index contributed by atoms with van der Waals surface area (Å²) in [6, 6.07) is 40.5. The van der Waals surface area contributed by atoms with Crippen LogP contribution < -0.4 is 0 Å². The molecule has 6 rings (SSSR count). The average molecular weight is 771 g/mol. The summed E-state index contributed by atoms with van der Waals surface area (Å²) in [4.78, 5) is 67.3. The summed E-state index contributed by atoms with van der Waals surface area (Å²) in [7, 11) is 0. The molecule has 290 valence electrons. The van der Waals surface area contributed by atoms with E-state index in [0.29, 0.717) is 0 Å². The molecule has 1 aliphatic rings. The van der Waals surface area contributed by atoms with Crippen molar-refractivity contribution in [1.82, 2.24) is 0 Å². The van der Waals surface area contributed by atoms with Crippen LogP contribution in [0.15, 0.2) is 164 Å². The van der Waals surface area contributed by atoms with E-state index < -0.39 is 73.3 Å². The molecule has 0 unspecified atom stereocenters. The van der Waals surface area contributed by atoms with E-state index in [0.717, 1.165) is 0 Å². The molecule has 1 fully saturated rings. The lowest BCUT2D eigenvalue weighted by Gasteiger charge is -2.44. The first kappa shape index (κ1) is 39.8. The molecule has 1 heterocycles. The van der Waals surface area contributed by atoms with Crippen LogP contribution in [0.4, 0.5) is 0 Å². The minimum Gasteiger partial charge on any atom is -0.459 e. The average Bonchev–Trinajstić information content (AvgIpc) is 3.27. The Balaban J connectivity index is 1.37. The number of carbonyl (C=O) groups is 5. The molecule has 6 atom stereocenters. The van der Waals surface area contributed by atoms with Crippen LogP contribution in [-0.4, -0.2) is 79.9 Å². The topological polar surface area (TPSA) is 150 Å². The number of hydrogen-bond acceptors (Lipinski definition) is 12. The fourth-order valence-corrected chi connectivity index (χ4v) is 5.78. The van der Waals surface area contributed by atoms with Crippen LogP contribution in [0.3, 0.4) is 0 Å². The molecule has 57 heavy (non-hydrogen) atoms. The first-order valence-electron chi connectivity index (χ1n) is 18.0. The van der Waals surface area contributed by atoms with Gasteiger partial charge in [0.25, 0.3) is 0 Å². The monoisotopic (exact) mass is 770 g/mol. The zero-order chi connectivity index (χ0) is 40.0. The smallest absolute Gasteiger partial charge is 0.338 e. The second kappa shape index (κ2) is 19.6. The van der Waals surface area contributed by atoms with Crippen LogP contribution in [-0.2, 0) is 33.2 Å². The van der Waals surface area contributed by atoms with Gasteiger partial charge in [0.05, 0.1) is 34.4 Å². The highest BCUT2D eigenvalue weighted by molar-refractivity contribution is 5.92. The van der Waals surface area contributed by atoms with Crippen molar-refractivity contribution in [3.63, 3.8) is 0 Å². The number of rotatable bonds is 15. The van der Waals surface area contributed by atoms with Gasteiger partial charge in [0.2, 0.25) is 0 Å². The first-order valence-corrected chi connectivity index (χ1v) is 18.0. The minimum absolute atomic E-state index is 0.134. The fraction of sp³-hybridized carbons (Fsp3) is 0.178. The van der Waals surface area contributed by atoms with Gasteiger partial charge in [0.1, 0.15) is 18.8 Å². The standard InChI is InChI=1S/C45H38O12/c1-2-35(53-41(47)31-20-10-4-11-21-31)28-52-45-39(57-44(50)34-26-16-7-17-27-34)38(56-43(49)33-24-14-6-15-25-33)37(55-42(48)32-22-12-5-13-23-32)36(54-45)29-51-40(46)30-18-8-3-9-19-30/h2-27,35-39,45H,1,28-29H2/t35-,36+,37+,38-,39-,45-/m0/s1. The van der Waals surface area contributed by atoms with Crippen molar-refractivity contribution in [1.29, 1.82) is 0 Å². The molecule has 1 saturated heterocycles. The summed E-state index contributed by atoms with van der Waals surface area (Å²) in [6.07, 6.45) is -7.44. The normalized spacial score (nSPS) is 19.2. The minimum atomic E-state index is -1.62. The molecule has 12 heteroatoms. The molecule has 5 aromatic carbocycles. The van der Waals surface area contributed by atoms with Crippen LogP contribution in [0.5, 0.6) is 0 Å². The Bertz CT molecular complexity index is 2110. The summed E-state index contributed by atoms with van der Waals surface area (Å²) < 4.78 is 41.9. The zero-order valence-electron chi connectivity index (χ0n) is 30.5. The zero-order valence-corrected chi connectivity index (χ0v) is 30.5. The van der Waals surface area contributed by atoms with E-state index in [1.165, 1.54) is 42.5 Å². The maximum absolute atomic E-state index is 13.8. The molecular formula is C45H38O12. The van der Waals surface area contributed by atoms with Crippen LogP contribution >= 0.6 is 0 Å². The predicted octanol–water partition coefficient (Wildman–Crippen LogP) is 6.67. The Kier molecular flexibility index (Phi) is 13.7. The van der Waals surface area contributed by atoms with Gasteiger partial charge in [-0.25, -0.2) is 24.0 Å². The molecule has 0 aliphatic carbocycles. The quantitative estimate of drug-likeness (QED) is 0.0636. The van der Waals surface area contributed by atoms with Gasteiger partial charge in [-0.15, -0.1) is 0 Å². The highest BCUT2D eigenvalue weighted by Crippen LogP contribution is 2.32. The van der Waals surface area contributed by atoms with Crippen LogP contribution in [0.1, 0.15) is 51.8 Å². The van der Waals surface area contributed by atoms with E-state index in [1.807, 2.05) is 0 Å². The van der Waals surface area contributed by atoms with Crippen molar-refractivity contribution in [2.75, 3.05) is 13.2 Å². The highest BCUT2D eigenvalue weighted by atomic mass is 16.7. The molecule has 0 bridgehead atoms. The van der Waals surface area contributed by atoms with Crippen molar-refractivity contribution in [2.45, 2.75) is 36.8 Å². The molecular weight excluding hydrogens is 732 g/mol. The largest absolute Gasteiger partial charge is 0.459 e. The Hall–Kier alpha value is -6.89. The van der Waals surface area contributed by atoms with Gasteiger partial charge >= 0.3 is 29.8 Å².